The molecule has 0 unspecified atom stereocenters. The molecule has 0 saturated carbocycles. The first-order chi connectivity index (χ1) is 13.6. The van der Waals surface area contributed by atoms with Crippen LogP contribution in [0.3, 0.4) is 0 Å². The average Bonchev–Trinajstić information content (AvgIpc) is 3.10. The van der Waals surface area contributed by atoms with E-state index in [2.05, 4.69) is 27.1 Å². The molecule has 0 aliphatic carbocycles. The summed E-state index contributed by atoms with van der Waals surface area (Å²) < 4.78 is 1.92. The van der Waals surface area contributed by atoms with Gasteiger partial charge in [0.15, 0.2) is 16.8 Å². The second kappa shape index (κ2) is 9.09. The van der Waals surface area contributed by atoms with E-state index in [1.54, 1.807) is 42.7 Å². The van der Waals surface area contributed by atoms with Gasteiger partial charge in [0.2, 0.25) is 5.91 Å². The van der Waals surface area contributed by atoms with Gasteiger partial charge in [0.25, 0.3) is 0 Å². The Hall–Kier alpha value is -3.26. The molecule has 8 heteroatoms. The fourth-order valence-electron chi connectivity index (χ4n) is 2.56. The molecular weight excluding hydrogens is 374 g/mol. The largest absolute Gasteiger partial charge is 0.326 e. The maximum Gasteiger partial charge on any atom is 0.221 e. The van der Waals surface area contributed by atoms with Crippen LogP contribution < -0.4 is 5.32 Å². The van der Waals surface area contributed by atoms with Crippen molar-refractivity contribution in [3.8, 4) is 11.4 Å². The average molecular weight is 393 g/mol. The highest BCUT2D eigenvalue weighted by Crippen LogP contribution is 2.24. The molecule has 0 saturated heterocycles. The molecule has 2 heterocycles. The first kappa shape index (κ1) is 19.5. The van der Waals surface area contributed by atoms with Gasteiger partial charge in [0, 0.05) is 42.7 Å². The lowest BCUT2D eigenvalue weighted by molar-refractivity contribution is -0.114. The van der Waals surface area contributed by atoms with Gasteiger partial charge < -0.3 is 5.32 Å². The lowest BCUT2D eigenvalue weighted by Gasteiger charge is -2.08. The van der Waals surface area contributed by atoms with Crippen molar-refractivity contribution >= 4 is 29.1 Å². The molecule has 3 aromatic rings. The summed E-state index contributed by atoms with van der Waals surface area (Å²) in [5.41, 5.74) is 2.13. The predicted molar refractivity (Wildman–Crippen MR) is 109 cm³/mol. The standard InChI is InChI=1S/C20H19N5O2S/c1-3-12-25-19(16-8-10-21-11-9-16)23-24-20(25)28-13-18(27)15-4-6-17(7-5-15)22-14(2)26/h3-11H,1,12-13H2,2H3,(H,22,26). The second-order valence-corrected chi connectivity index (χ2v) is 6.85. The molecule has 0 bridgehead atoms. The monoisotopic (exact) mass is 393 g/mol. The minimum Gasteiger partial charge on any atom is -0.326 e. The van der Waals surface area contributed by atoms with E-state index in [0.717, 1.165) is 5.56 Å². The Kier molecular flexibility index (Phi) is 6.33. The summed E-state index contributed by atoms with van der Waals surface area (Å²) >= 11 is 1.33. The van der Waals surface area contributed by atoms with E-state index < -0.39 is 0 Å². The molecule has 1 N–H and O–H groups in total. The van der Waals surface area contributed by atoms with Crippen molar-refractivity contribution in [2.24, 2.45) is 0 Å². The van der Waals surface area contributed by atoms with Gasteiger partial charge in [-0.15, -0.1) is 16.8 Å². The van der Waals surface area contributed by atoms with Crippen molar-refractivity contribution in [3.63, 3.8) is 0 Å². The summed E-state index contributed by atoms with van der Waals surface area (Å²) in [7, 11) is 0. The van der Waals surface area contributed by atoms with Gasteiger partial charge in [-0.1, -0.05) is 17.8 Å². The van der Waals surface area contributed by atoms with Crippen LogP contribution in [-0.4, -0.2) is 37.2 Å². The van der Waals surface area contributed by atoms with Gasteiger partial charge >= 0.3 is 0 Å². The molecule has 142 valence electrons. The number of allylic oxidation sites excluding steroid dienone is 1. The molecule has 1 aromatic carbocycles. The maximum absolute atomic E-state index is 12.5. The molecule has 1 amide bonds. The highest BCUT2D eigenvalue weighted by molar-refractivity contribution is 7.99. The van der Waals surface area contributed by atoms with Gasteiger partial charge in [-0.3, -0.25) is 19.1 Å². The van der Waals surface area contributed by atoms with E-state index >= 15 is 0 Å². The minimum atomic E-state index is -0.152. The Morgan fingerprint density at radius 1 is 1.14 bits per heavy atom. The van der Waals surface area contributed by atoms with Crippen LogP contribution in [0, 0.1) is 0 Å². The summed E-state index contributed by atoms with van der Waals surface area (Å²) in [6.07, 6.45) is 5.16. The van der Waals surface area contributed by atoms with Gasteiger partial charge in [-0.25, -0.2) is 0 Å². The number of aromatic nitrogens is 4. The molecule has 0 atom stereocenters. The summed E-state index contributed by atoms with van der Waals surface area (Å²) in [6, 6.07) is 10.5. The molecule has 0 fully saturated rings. The van der Waals surface area contributed by atoms with Crippen molar-refractivity contribution in [1.82, 2.24) is 19.7 Å². The van der Waals surface area contributed by atoms with Gasteiger partial charge in [0.05, 0.1) is 5.75 Å². The topological polar surface area (TPSA) is 89.8 Å². The predicted octanol–water partition coefficient (Wildman–Crippen LogP) is 3.46. The fraction of sp³-hybridized carbons (Fsp3) is 0.150. The second-order valence-electron chi connectivity index (χ2n) is 5.91. The quantitative estimate of drug-likeness (QED) is 0.358. The van der Waals surface area contributed by atoms with Crippen molar-refractivity contribution in [3.05, 3.63) is 67.0 Å². The zero-order chi connectivity index (χ0) is 19.9. The fourth-order valence-corrected chi connectivity index (χ4v) is 3.40. The van der Waals surface area contributed by atoms with Crippen LogP contribution >= 0.6 is 11.8 Å². The number of thioether (sulfide) groups is 1. The first-order valence-corrected chi connectivity index (χ1v) is 9.55. The number of pyridine rings is 1. The molecular formula is C20H19N5O2S. The number of Topliss-reactive ketones (excluding diaryl/α,β-unsaturated/α-hetero) is 1. The number of nitrogens with one attached hydrogen (secondary N) is 1. The summed E-state index contributed by atoms with van der Waals surface area (Å²) in [4.78, 5) is 27.6. The van der Waals surface area contributed by atoms with E-state index in [0.29, 0.717) is 28.8 Å². The van der Waals surface area contributed by atoms with E-state index in [4.69, 9.17) is 0 Å². The summed E-state index contributed by atoms with van der Waals surface area (Å²) in [5.74, 6) is 0.751. The smallest absolute Gasteiger partial charge is 0.221 e. The van der Waals surface area contributed by atoms with Gasteiger partial charge in [0.1, 0.15) is 0 Å². The van der Waals surface area contributed by atoms with Crippen molar-refractivity contribution in [2.75, 3.05) is 11.1 Å². The molecule has 3 rings (SSSR count). The summed E-state index contributed by atoms with van der Waals surface area (Å²) in [5, 5.41) is 11.8. The molecule has 2 aromatic heterocycles. The zero-order valence-corrected chi connectivity index (χ0v) is 16.1. The zero-order valence-electron chi connectivity index (χ0n) is 15.3. The molecule has 7 nitrogen and oxygen atoms in total. The Balaban J connectivity index is 1.72. The van der Waals surface area contributed by atoms with Gasteiger partial charge in [-0.2, -0.15) is 0 Å². The number of rotatable bonds is 8. The number of benzene rings is 1. The van der Waals surface area contributed by atoms with Crippen LogP contribution in [-0.2, 0) is 11.3 Å². The number of hydrogen-bond donors (Lipinski definition) is 1. The maximum atomic E-state index is 12.5. The Morgan fingerprint density at radius 3 is 2.50 bits per heavy atom. The Bertz CT molecular complexity index is 984. The highest BCUT2D eigenvalue weighted by atomic mass is 32.2. The van der Waals surface area contributed by atoms with E-state index in [1.165, 1.54) is 18.7 Å². The van der Waals surface area contributed by atoms with E-state index in [9.17, 15) is 9.59 Å². The normalized spacial score (nSPS) is 10.5. The third-order valence-corrected chi connectivity index (χ3v) is 4.79. The number of carbonyl (C=O) groups excluding carboxylic acids is 2. The number of amides is 1. The number of anilines is 1. The SMILES string of the molecule is C=CCn1c(SCC(=O)c2ccc(NC(C)=O)cc2)nnc1-c1ccncc1. The molecule has 0 aliphatic rings. The number of ketones is 1. The first-order valence-electron chi connectivity index (χ1n) is 8.56. The third kappa shape index (κ3) is 4.72. The number of hydrogen-bond acceptors (Lipinski definition) is 6. The number of carbonyl (C=O) groups is 2. The third-order valence-electron chi connectivity index (χ3n) is 3.83. The Morgan fingerprint density at radius 2 is 1.86 bits per heavy atom. The lowest BCUT2D eigenvalue weighted by atomic mass is 10.1. The van der Waals surface area contributed by atoms with Crippen molar-refractivity contribution in [2.45, 2.75) is 18.6 Å². The lowest BCUT2D eigenvalue weighted by Crippen LogP contribution is -2.07. The van der Waals surface area contributed by atoms with E-state index in [1.807, 2.05) is 16.7 Å². The Labute approximate surface area is 166 Å². The molecule has 28 heavy (non-hydrogen) atoms. The van der Waals surface area contributed by atoms with Crippen molar-refractivity contribution in [1.29, 1.82) is 0 Å². The van der Waals surface area contributed by atoms with Crippen LogP contribution in [0.1, 0.15) is 17.3 Å². The van der Waals surface area contributed by atoms with Crippen LogP contribution in [0.5, 0.6) is 0 Å². The van der Waals surface area contributed by atoms with Crippen LogP contribution in [0.25, 0.3) is 11.4 Å². The van der Waals surface area contributed by atoms with Crippen molar-refractivity contribution < 1.29 is 9.59 Å². The highest BCUT2D eigenvalue weighted by Gasteiger charge is 2.15. The molecule has 0 spiro atoms. The summed E-state index contributed by atoms with van der Waals surface area (Å²) in [6.45, 7) is 5.76. The molecule has 0 radical (unpaired) electrons. The van der Waals surface area contributed by atoms with E-state index in [-0.39, 0.29) is 17.4 Å². The van der Waals surface area contributed by atoms with Crippen LogP contribution in [0.15, 0.2) is 66.6 Å². The van der Waals surface area contributed by atoms with Gasteiger partial charge in [-0.05, 0) is 36.4 Å². The molecule has 0 aliphatic heterocycles. The van der Waals surface area contributed by atoms with Crippen LogP contribution in [0.4, 0.5) is 5.69 Å². The number of nitrogens with zero attached hydrogens (tertiary/aromatic N) is 4. The minimum absolute atomic E-state index is 0.0296. The van der Waals surface area contributed by atoms with Crippen LogP contribution in [0.2, 0.25) is 0 Å².